The van der Waals surface area contributed by atoms with Gasteiger partial charge in [-0.25, -0.2) is 0 Å². The van der Waals surface area contributed by atoms with Gasteiger partial charge in [-0.1, -0.05) is 85.3 Å². The number of aryl methyl sites for hydroxylation is 1. The molecule has 0 nitrogen and oxygen atoms in total. The van der Waals surface area contributed by atoms with Crippen LogP contribution in [-0.2, 0) is 12.8 Å². The molecule has 1 aliphatic rings. The SMILES string of the molecule is CCc1ccc2c(c1-c1ccccc1-c1ccccc1)C=C(C)C2. The van der Waals surface area contributed by atoms with Crippen molar-refractivity contribution in [1.82, 2.24) is 0 Å². The fourth-order valence-corrected chi connectivity index (χ4v) is 3.81. The Balaban J connectivity index is 2.01. The monoisotopic (exact) mass is 310 g/mol. The molecule has 0 bridgehead atoms. The molecule has 0 saturated carbocycles. The van der Waals surface area contributed by atoms with Crippen molar-refractivity contribution in [1.29, 1.82) is 0 Å². The average molecular weight is 310 g/mol. The second-order valence-corrected chi connectivity index (χ2v) is 6.61. The molecule has 3 aromatic rings. The summed E-state index contributed by atoms with van der Waals surface area (Å²) in [6.45, 7) is 4.49. The lowest BCUT2D eigenvalue weighted by atomic mass is 9.87. The maximum Gasteiger partial charge on any atom is -0.00604 e. The van der Waals surface area contributed by atoms with Crippen molar-refractivity contribution in [3.05, 3.63) is 89.0 Å². The summed E-state index contributed by atoms with van der Waals surface area (Å²) in [4.78, 5) is 0. The van der Waals surface area contributed by atoms with Gasteiger partial charge in [-0.15, -0.1) is 0 Å². The van der Waals surface area contributed by atoms with Crippen LogP contribution in [0, 0.1) is 0 Å². The van der Waals surface area contributed by atoms with Crippen LogP contribution in [0.1, 0.15) is 30.5 Å². The van der Waals surface area contributed by atoms with Crippen LogP contribution in [0.5, 0.6) is 0 Å². The highest BCUT2D eigenvalue weighted by Crippen LogP contribution is 2.41. The molecule has 0 unspecified atom stereocenters. The van der Waals surface area contributed by atoms with Crippen LogP contribution in [0.4, 0.5) is 0 Å². The lowest BCUT2D eigenvalue weighted by Crippen LogP contribution is -1.96. The number of hydrogen-bond acceptors (Lipinski definition) is 0. The highest BCUT2D eigenvalue weighted by molar-refractivity contribution is 5.91. The molecule has 0 spiro atoms. The Bertz CT molecular complexity index is 914. The number of benzene rings is 3. The zero-order chi connectivity index (χ0) is 16.5. The molecule has 0 N–H and O–H groups in total. The van der Waals surface area contributed by atoms with Gasteiger partial charge in [-0.3, -0.25) is 0 Å². The van der Waals surface area contributed by atoms with Crippen molar-refractivity contribution < 1.29 is 0 Å². The van der Waals surface area contributed by atoms with E-state index in [0.29, 0.717) is 0 Å². The molecule has 0 heteroatoms. The van der Waals surface area contributed by atoms with Gasteiger partial charge in [-0.05, 0) is 58.7 Å². The molecule has 3 aromatic carbocycles. The number of fused-ring (bicyclic) bond motifs is 1. The Kier molecular flexibility index (Phi) is 3.82. The van der Waals surface area contributed by atoms with Crippen molar-refractivity contribution in [3.63, 3.8) is 0 Å². The third kappa shape index (κ3) is 2.49. The first-order valence-electron chi connectivity index (χ1n) is 8.74. The van der Waals surface area contributed by atoms with Crippen molar-refractivity contribution in [2.45, 2.75) is 26.7 Å². The summed E-state index contributed by atoms with van der Waals surface area (Å²) in [6.07, 6.45) is 4.52. The minimum atomic E-state index is 1.05. The number of rotatable bonds is 3. The van der Waals surface area contributed by atoms with E-state index in [0.717, 1.165) is 12.8 Å². The Morgan fingerprint density at radius 1 is 0.792 bits per heavy atom. The molecule has 4 rings (SSSR count). The van der Waals surface area contributed by atoms with Gasteiger partial charge in [-0.2, -0.15) is 0 Å². The normalized spacial score (nSPS) is 12.8. The van der Waals surface area contributed by atoms with Gasteiger partial charge in [0.05, 0.1) is 0 Å². The van der Waals surface area contributed by atoms with Gasteiger partial charge in [0.15, 0.2) is 0 Å². The largest absolute Gasteiger partial charge is 0.0683 e. The molecule has 0 aliphatic heterocycles. The van der Waals surface area contributed by atoms with Gasteiger partial charge >= 0.3 is 0 Å². The van der Waals surface area contributed by atoms with E-state index in [-0.39, 0.29) is 0 Å². The lowest BCUT2D eigenvalue weighted by Gasteiger charge is -2.17. The average Bonchev–Trinajstić information content (AvgIpc) is 3.01. The Labute approximate surface area is 144 Å². The summed E-state index contributed by atoms with van der Waals surface area (Å²) in [5, 5.41) is 0. The fraction of sp³-hybridized carbons (Fsp3) is 0.167. The van der Waals surface area contributed by atoms with Gasteiger partial charge in [0, 0.05) is 0 Å². The predicted molar refractivity (Wildman–Crippen MR) is 104 cm³/mol. The Morgan fingerprint density at radius 3 is 2.25 bits per heavy atom. The topological polar surface area (TPSA) is 0 Å². The molecular weight excluding hydrogens is 288 g/mol. The number of hydrogen-bond donors (Lipinski definition) is 0. The Hall–Kier alpha value is -2.60. The lowest BCUT2D eigenvalue weighted by molar-refractivity contribution is 1.13. The molecule has 1 aliphatic carbocycles. The molecule has 0 aromatic heterocycles. The zero-order valence-corrected chi connectivity index (χ0v) is 14.3. The van der Waals surface area contributed by atoms with Crippen LogP contribution >= 0.6 is 0 Å². The second kappa shape index (κ2) is 6.13. The van der Waals surface area contributed by atoms with Crippen LogP contribution in [-0.4, -0.2) is 0 Å². The first-order valence-corrected chi connectivity index (χ1v) is 8.74. The summed E-state index contributed by atoms with van der Waals surface area (Å²) in [5.41, 5.74) is 11.2. The molecule has 0 atom stereocenters. The van der Waals surface area contributed by atoms with Crippen LogP contribution in [0.3, 0.4) is 0 Å². The fourth-order valence-electron chi connectivity index (χ4n) is 3.81. The van der Waals surface area contributed by atoms with Crippen molar-refractivity contribution in [2.24, 2.45) is 0 Å². The van der Waals surface area contributed by atoms with Crippen LogP contribution in [0.25, 0.3) is 28.3 Å². The molecular formula is C24H22. The third-order valence-electron chi connectivity index (χ3n) is 4.94. The maximum atomic E-state index is 2.38. The molecule has 0 radical (unpaired) electrons. The third-order valence-corrected chi connectivity index (χ3v) is 4.94. The summed E-state index contributed by atoms with van der Waals surface area (Å²) in [5.74, 6) is 0. The van der Waals surface area contributed by atoms with E-state index in [4.69, 9.17) is 0 Å². The van der Waals surface area contributed by atoms with Crippen LogP contribution in [0.2, 0.25) is 0 Å². The maximum absolute atomic E-state index is 2.38. The molecule has 0 fully saturated rings. The smallest absolute Gasteiger partial charge is 0.00604 e. The Morgan fingerprint density at radius 2 is 1.50 bits per heavy atom. The first-order chi connectivity index (χ1) is 11.8. The second-order valence-electron chi connectivity index (χ2n) is 6.61. The minimum absolute atomic E-state index is 1.05. The van der Waals surface area contributed by atoms with Gasteiger partial charge < -0.3 is 0 Å². The molecule has 0 saturated heterocycles. The quantitative estimate of drug-likeness (QED) is 0.515. The van der Waals surface area contributed by atoms with E-state index >= 15 is 0 Å². The zero-order valence-electron chi connectivity index (χ0n) is 14.3. The van der Waals surface area contributed by atoms with E-state index in [9.17, 15) is 0 Å². The van der Waals surface area contributed by atoms with E-state index in [1.165, 1.54) is 44.5 Å². The van der Waals surface area contributed by atoms with Gasteiger partial charge in [0.25, 0.3) is 0 Å². The summed E-state index contributed by atoms with van der Waals surface area (Å²) >= 11 is 0. The van der Waals surface area contributed by atoms with Gasteiger partial charge in [0.2, 0.25) is 0 Å². The van der Waals surface area contributed by atoms with Crippen LogP contribution in [0.15, 0.2) is 72.3 Å². The highest BCUT2D eigenvalue weighted by atomic mass is 14.2. The van der Waals surface area contributed by atoms with Gasteiger partial charge in [0.1, 0.15) is 0 Å². The molecule has 0 amide bonds. The van der Waals surface area contributed by atoms with Crippen molar-refractivity contribution >= 4 is 6.08 Å². The standard InChI is InChI=1S/C24H22/c1-3-18-13-14-20-15-17(2)16-23(20)24(18)22-12-8-7-11-21(22)19-9-5-4-6-10-19/h4-14,16H,3,15H2,1-2H3. The van der Waals surface area contributed by atoms with Crippen molar-refractivity contribution in [3.8, 4) is 22.3 Å². The highest BCUT2D eigenvalue weighted by Gasteiger charge is 2.19. The molecule has 24 heavy (non-hydrogen) atoms. The van der Waals surface area contributed by atoms with E-state index in [2.05, 4.69) is 86.7 Å². The first kappa shape index (κ1) is 15.0. The molecule has 0 heterocycles. The summed E-state index contributed by atoms with van der Waals surface area (Å²) in [6, 6.07) is 24.2. The summed E-state index contributed by atoms with van der Waals surface area (Å²) in [7, 11) is 0. The molecule has 118 valence electrons. The number of allylic oxidation sites excluding steroid dienone is 1. The predicted octanol–water partition coefficient (Wildman–Crippen LogP) is 6.54. The van der Waals surface area contributed by atoms with E-state index in [1.54, 1.807) is 0 Å². The van der Waals surface area contributed by atoms with E-state index in [1.807, 2.05) is 0 Å². The minimum Gasteiger partial charge on any atom is -0.0683 e. The summed E-state index contributed by atoms with van der Waals surface area (Å²) < 4.78 is 0. The van der Waals surface area contributed by atoms with E-state index < -0.39 is 0 Å². The van der Waals surface area contributed by atoms with Crippen LogP contribution < -0.4 is 0 Å². The van der Waals surface area contributed by atoms with Crippen molar-refractivity contribution in [2.75, 3.05) is 0 Å².